The molecule has 2 fully saturated rings. The number of benzene rings is 1. The molecule has 1 aromatic rings. The number of carbonyl (C=O) groups is 1. The van der Waals surface area contributed by atoms with Crippen LogP contribution in [0, 0.1) is 5.92 Å². The second-order valence-electron chi connectivity index (χ2n) is 6.99. The number of sulfonamides is 1. The molecule has 0 radical (unpaired) electrons. The summed E-state index contributed by atoms with van der Waals surface area (Å²) < 4.78 is 27.5. The lowest BCUT2D eigenvalue weighted by atomic mass is 10.0. The van der Waals surface area contributed by atoms with Gasteiger partial charge in [0.25, 0.3) is 0 Å². The lowest BCUT2D eigenvalue weighted by Crippen LogP contribution is -2.46. The van der Waals surface area contributed by atoms with Gasteiger partial charge in [-0.25, -0.2) is 13.1 Å². The molecule has 1 unspecified atom stereocenters. The van der Waals surface area contributed by atoms with Crippen LogP contribution in [0.25, 0.3) is 0 Å². The van der Waals surface area contributed by atoms with Gasteiger partial charge in [-0.1, -0.05) is 18.2 Å². The fourth-order valence-corrected chi connectivity index (χ4v) is 4.91. The predicted molar refractivity (Wildman–Crippen MR) is 104 cm³/mol. The van der Waals surface area contributed by atoms with Gasteiger partial charge < -0.3 is 10.2 Å². The Labute approximate surface area is 162 Å². The molecule has 3 rings (SSSR count). The molecule has 0 bridgehead atoms. The monoisotopic (exact) mass is 401 g/mol. The van der Waals surface area contributed by atoms with E-state index in [4.69, 9.17) is 0 Å². The minimum atomic E-state index is -3.48. The average Bonchev–Trinajstić information content (AvgIpc) is 3.14. The quantitative estimate of drug-likeness (QED) is 0.761. The molecule has 8 heteroatoms. The van der Waals surface area contributed by atoms with Crippen molar-refractivity contribution in [3.63, 3.8) is 0 Å². The summed E-state index contributed by atoms with van der Waals surface area (Å²) in [4.78, 5) is 14.5. The maximum atomic E-state index is 12.4. The molecule has 1 amide bonds. The Hall–Kier alpha value is -1.15. The van der Waals surface area contributed by atoms with Gasteiger partial charge in [0.2, 0.25) is 15.9 Å². The summed E-state index contributed by atoms with van der Waals surface area (Å²) in [6, 6.07) is 8.32. The molecule has 2 saturated heterocycles. The van der Waals surface area contributed by atoms with E-state index in [0.29, 0.717) is 43.2 Å². The number of rotatable bonds is 6. The Morgan fingerprint density at radius 3 is 2.46 bits per heavy atom. The van der Waals surface area contributed by atoms with Crippen molar-refractivity contribution in [2.24, 2.45) is 5.92 Å². The summed E-state index contributed by atoms with van der Waals surface area (Å²) in [5.41, 5.74) is 0. The van der Waals surface area contributed by atoms with E-state index in [1.54, 1.807) is 30.3 Å². The van der Waals surface area contributed by atoms with Crippen LogP contribution in [0.3, 0.4) is 0 Å². The fraction of sp³-hybridized carbons (Fsp3) is 0.611. The van der Waals surface area contributed by atoms with Crippen molar-refractivity contribution in [3.05, 3.63) is 30.3 Å². The molecule has 2 heterocycles. The van der Waals surface area contributed by atoms with E-state index in [0.717, 1.165) is 25.9 Å². The maximum absolute atomic E-state index is 12.4. The highest BCUT2D eigenvalue weighted by Gasteiger charge is 2.27. The zero-order chi connectivity index (χ0) is 17.7. The molecule has 0 aliphatic carbocycles. The summed E-state index contributed by atoms with van der Waals surface area (Å²) in [7, 11) is -3.48. The van der Waals surface area contributed by atoms with Gasteiger partial charge in [0.15, 0.2) is 0 Å². The van der Waals surface area contributed by atoms with Gasteiger partial charge >= 0.3 is 0 Å². The molecule has 2 aliphatic rings. The van der Waals surface area contributed by atoms with Gasteiger partial charge in [-0.2, -0.15) is 0 Å². The minimum Gasteiger partial charge on any atom is -0.343 e. The Kier molecular flexibility index (Phi) is 7.88. The van der Waals surface area contributed by atoms with Crippen molar-refractivity contribution in [3.8, 4) is 0 Å². The zero-order valence-electron chi connectivity index (χ0n) is 14.9. The van der Waals surface area contributed by atoms with Gasteiger partial charge in [0.1, 0.15) is 0 Å². The highest BCUT2D eigenvalue weighted by Crippen LogP contribution is 2.18. The molecule has 1 aromatic carbocycles. The van der Waals surface area contributed by atoms with Gasteiger partial charge in [-0.15, -0.1) is 12.4 Å². The second-order valence-corrected chi connectivity index (χ2v) is 8.70. The highest BCUT2D eigenvalue weighted by atomic mass is 35.5. The first-order valence-electron chi connectivity index (χ1n) is 9.10. The van der Waals surface area contributed by atoms with E-state index in [1.165, 1.54) is 0 Å². The lowest BCUT2D eigenvalue weighted by molar-refractivity contribution is -0.132. The molecule has 2 N–H and O–H groups in total. The smallest absolute Gasteiger partial charge is 0.240 e. The van der Waals surface area contributed by atoms with E-state index in [9.17, 15) is 13.2 Å². The van der Waals surface area contributed by atoms with E-state index in [-0.39, 0.29) is 24.4 Å². The average molecular weight is 402 g/mol. The first-order chi connectivity index (χ1) is 12.0. The first-order valence-corrected chi connectivity index (χ1v) is 10.6. The number of piperidine rings is 1. The summed E-state index contributed by atoms with van der Waals surface area (Å²) >= 11 is 0. The van der Waals surface area contributed by atoms with Crippen LogP contribution in [0.15, 0.2) is 35.2 Å². The van der Waals surface area contributed by atoms with E-state index >= 15 is 0 Å². The normalized spacial score (nSPS) is 21.4. The Bertz CT molecular complexity index is 670. The SMILES string of the molecule is Cl.O=C(CCC1CCNC1)N1CCC(NS(=O)(=O)c2ccccc2)CC1. The third kappa shape index (κ3) is 5.67. The Morgan fingerprint density at radius 2 is 1.85 bits per heavy atom. The van der Waals surface area contributed by atoms with Crippen LogP contribution in [-0.2, 0) is 14.8 Å². The fourth-order valence-electron chi connectivity index (χ4n) is 3.58. The molecule has 146 valence electrons. The van der Waals surface area contributed by atoms with Crippen LogP contribution in [-0.4, -0.2) is 51.4 Å². The van der Waals surface area contributed by atoms with Crippen molar-refractivity contribution >= 4 is 28.3 Å². The second kappa shape index (κ2) is 9.69. The molecule has 0 saturated carbocycles. The van der Waals surface area contributed by atoms with Crippen molar-refractivity contribution in [1.82, 2.24) is 14.9 Å². The number of halogens is 1. The van der Waals surface area contributed by atoms with Crippen LogP contribution in [0.2, 0.25) is 0 Å². The van der Waals surface area contributed by atoms with E-state index in [2.05, 4.69) is 10.0 Å². The summed E-state index contributed by atoms with van der Waals surface area (Å²) in [6.07, 6.45) is 4.06. The molecular formula is C18H28ClN3O3S. The zero-order valence-corrected chi connectivity index (χ0v) is 16.5. The van der Waals surface area contributed by atoms with Crippen molar-refractivity contribution < 1.29 is 13.2 Å². The number of amides is 1. The number of hydrogen-bond acceptors (Lipinski definition) is 4. The standard InChI is InChI=1S/C18H27N3O3S.ClH/c22-18(7-6-15-8-11-19-14-15)21-12-9-16(10-13-21)20-25(23,24)17-4-2-1-3-5-17;/h1-5,15-16,19-20H,6-14H2;1H. The number of carbonyl (C=O) groups excluding carboxylic acids is 1. The Balaban J connectivity index is 0.00000243. The summed E-state index contributed by atoms with van der Waals surface area (Å²) in [5.74, 6) is 0.829. The van der Waals surface area contributed by atoms with Crippen LogP contribution in [0.4, 0.5) is 0 Å². The third-order valence-corrected chi connectivity index (χ3v) is 6.69. The van der Waals surface area contributed by atoms with Gasteiger partial charge in [0, 0.05) is 25.6 Å². The van der Waals surface area contributed by atoms with Gasteiger partial charge in [-0.3, -0.25) is 4.79 Å². The number of nitrogens with one attached hydrogen (secondary N) is 2. The maximum Gasteiger partial charge on any atom is 0.240 e. The molecular weight excluding hydrogens is 374 g/mol. The largest absolute Gasteiger partial charge is 0.343 e. The predicted octanol–water partition coefficient (Wildman–Crippen LogP) is 1.77. The van der Waals surface area contributed by atoms with Crippen LogP contribution >= 0.6 is 12.4 Å². The van der Waals surface area contributed by atoms with Crippen molar-refractivity contribution in [2.75, 3.05) is 26.2 Å². The number of nitrogens with zero attached hydrogens (tertiary/aromatic N) is 1. The molecule has 0 spiro atoms. The third-order valence-electron chi connectivity index (χ3n) is 5.15. The topological polar surface area (TPSA) is 78.5 Å². The lowest BCUT2D eigenvalue weighted by Gasteiger charge is -2.32. The van der Waals surface area contributed by atoms with Crippen molar-refractivity contribution in [1.29, 1.82) is 0 Å². The van der Waals surface area contributed by atoms with Crippen LogP contribution in [0.5, 0.6) is 0 Å². The minimum absolute atomic E-state index is 0. The molecule has 26 heavy (non-hydrogen) atoms. The molecule has 6 nitrogen and oxygen atoms in total. The van der Waals surface area contributed by atoms with Crippen LogP contribution < -0.4 is 10.0 Å². The number of hydrogen-bond donors (Lipinski definition) is 2. The van der Waals surface area contributed by atoms with Gasteiger partial charge in [0.05, 0.1) is 4.90 Å². The number of likely N-dealkylation sites (tertiary alicyclic amines) is 1. The molecule has 1 atom stereocenters. The van der Waals surface area contributed by atoms with Gasteiger partial charge in [-0.05, 0) is 56.8 Å². The summed E-state index contributed by atoms with van der Waals surface area (Å²) in [6.45, 7) is 3.34. The molecule has 0 aromatic heterocycles. The van der Waals surface area contributed by atoms with E-state index < -0.39 is 10.0 Å². The summed E-state index contributed by atoms with van der Waals surface area (Å²) in [5, 5.41) is 3.33. The highest BCUT2D eigenvalue weighted by molar-refractivity contribution is 7.89. The first kappa shape index (κ1) is 21.2. The van der Waals surface area contributed by atoms with Crippen LogP contribution in [0.1, 0.15) is 32.1 Å². The Morgan fingerprint density at radius 1 is 1.15 bits per heavy atom. The molecule has 2 aliphatic heterocycles. The van der Waals surface area contributed by atoms with Crippen molar-refractivity contribution in [2.45, 2.75) is 43.0 Å². The van der Waals surface area contributed by atoms with E-state index in [1.807, 2.05) is 4.90 Å².